The number of carbonyl (C=O) groups excluding carboxylic acids is 2. The summed E-state index contributed by atoms with van der Waals surface area (Å²) < 4.78 is 0. The van der Waals surface area contributed by atoms with Crippen LogP contribution in [-0.2, 0) is 9.59 Å². The van der Waals surface area contributed by atoms with Crippen LogP contribution >= 0.6 is 0 Å². The van der Waals surface area contributed by atoms with Crippen molar-refractivity contribution in [2.24, 2.45) is 5.41 Å². The zero-order valence-electron chi connectivity index (χ0n) is 14.8. The summed E-state index contributed by atoms with van der Waals surface area (Å²) in [7, 11) is 0. The quantitative estimate of drug-likeness (QED) is 0.406. The van der Waals surface area contributed by atoms with E-state index in [-0.39, 0.29) is 5.69 Å². The molecule has 0 saturated heterocycles. The molecule has 0 aromatic carbocycles. The summed E-state index contributed by atoms with van der Waals surface area (Å²) in [6.07, 6.45) is -0.405. The number of ketones is 1. The number of Topliss-reactive ketones (excluding diaryl/α,β-unsaturated/α-hetero) is 1. The monoisotopic (exact) mass is 367 g/mol. The topological polar surface area (TPSA) is 199 Å². The van der Waals surface area contributed by atoms with Crippen molar-refractivity contribution in [2.75, 3.05) is 11.5 Å². The van der Waals surface area contributed by atoms with E-state index in [2.05, 4.69) is 15.3 Å². The van der Waals surface area contributed by atoms with Gasteiger partial charge in [0.1, 0.15) is 5.54 Å². The molecule has 11 nitrogen and oxygen atoms in total. The van der Waals surface area contributed by atoms with Gasteiger partial charge >= 0.3 is 11.9 Å². The molecule has 0 fully saturated rings. The van der Waals surface area contributed by atoms with Gasteiger partial charge in [0.2, 0.25) is 0 Å². The molecule has 1 aromatic rings. The van der Waals surface area contributed by atoms with Gasteiger partial charge in [-0.25, -0.2) is 14.8 Å². The zero-order chi connectivity index (χ0) is 20.4. The molecule has 1 amide bonds. The molecule has 7 N–H and O–H groups in total. The van der Waals surface area contributed by atoms with Crippen LogP contribution < -0.4 is 16.8 Å². The van der Waals surface area contributed by atoms with Crippen LogP contribution in [0.2, 0.25) is 0 Å². The molecule has 0 bridgehead atoms. The molecule has 1 rings (SSSR count). The molecule has 0 aliphatic heterocycles. The van der Waals surface area contributed by atoms with Crippen LogP contribution in [0.3, 0.4) is 0 Å². The molecular weight excluding hydrogens is 346 g/mol. The van der Waals surface area contributed by atoms with Gasteiger partial charge in [-0.05, 0) is 27.7 Å². The minimum atomic E-state index is -1.60. The largest absolute Gasteiger partial charge is 0.481 e. The first kappa shape index (κ1) is 20.8. The first-order chi connectivity index (χ1) is 11.7. The zero-order valence-corrected chi connectivity index (χ0v) is 14.8. The Morgan fingerprint density at radius 1 is 0.923 bits per heavy atom. The molecule has 142 valence electrons. The molecule has 0 saturated carbocycles. The van der Waals surface area contributed by atoms with Crippen LogP contribution in [0, 0.1) is 5.41 Å². The fourth-order valence-electron chi connectivity index (χ4n) is 1.79. The van der Waals surface area contributed by atoms with Crippen molar-refractivity contribution in [3.05, 3.63) is 11.4 Å². The molecule has 0 aliphatic carbocycles. The number of aromatic nitrogens is 2. The van der Waals surface area contributed by atoms with E-state index in [1.165, 1.54) is 27.7 Å². The number of anilines is 2. The molecule has 26 heavy (non-hydrogen) atoms. The number of nitrogens with two attached hydrogens (primary N) is 2. The van der Waals surface area contributed by atoms with Crippen LogP contribution in [0.4, 0.5) is 11.6 Å². The highest BCUT2D eigenvalue weighted by molar-refractivity contribution is 6.03. The first-order valence-corrected chi connectivity index (χ1v) is 7.44. The highest BCUT2D eigenvalue weighted by Crippen LogP contribution is 2.25. The van der Waals surface area contributed by atoms with Crippen molar-refractivity contribution in [1.82, 2.24) is 15.3 Å². The van der Waals surface area contributed by atoms with Crippen LogP contribution in [0.15, 0.2) is 0 Å². The van der Waals surface area contributed by atoms with E-state index in [4.69, 9.17) is 21.7 Å². The maximum absolute atomic E-state index is 12.3. The van der Waals surface area contributed by atoms with E-state index in [1.807, 2.05) is 0 Å². The normalized spacial score (nSPS) is 11.7. The summed E-state index contributed by atoms with van der Waals surface area (Å²) in [5.41, 5.74) is 7.54. The predicted octanol–water partition coefficient (Wildman–Crippen LogP) is -0.0824. The van der Waals surface area contributed by atoms with Crippen molar-refractivity contribution in [3.63, 3.8) is 0 Å². The minimum absolute atomic E-state index is 0.356. The third-order valence-corrected chi connectivity index (χ3v) is 3.57. The molecule has 0 atom stereocenters. The molecule has 0 unspecified atom stereocenters. The predicted molar refractivity (Wildman–Crippen MR) is 90.4 cm³/mol. The second-order valence-electron chi connectivity index (χ2n) is 6.86. The molecule has 0 aliphatic rings. The second-order valence-corrected chi connectivity index (χ2v) is 6.86. The number of carboxylic acid groups (broad SMARTS) is 2. The summed E-state index contributed by atoms with van der Waals surface area (Å²) in [4.78, 5) is 54.1. The Morgan fingerprint density at radius 2 is 1.38 bits per heavy atom. The van der Waals surface area contributed by atoms with Crippen molar-refractivity contribution >= 4 is 35.3 Å². The van der Waals surface area contributed by atoms with Gasteiger partial charge in [-0.3, -0.25) is 14.4 Å². The average molecular weight is 367 g/mol. The van der Waals surface area contributed by atoms with Crippen molar-refractivity contribution < 1.29 is 29.4 Å². The van der Waals surface area contributed by atoms with Gasteiger partial charge in [0, 0.05) is 6.42 Å². The Balaban J connectivity index is 3.16. The van der Waals surface area contributed by atoms with Gasteiger partial charge in [-0.15, -0.1) is 0 Å². The van der Waals surface area contributed by atoms with Crippen LogP contribution in [0.1, 0.15) is 55.1 Å². The number of nitrogen functional groups attached to an aromatic ring is 2. The Bertz CT molecular complexity index is 721. The van der Waals surface area contributed by atoms with Crippen molar-refractivity contribution in [1.29, 1.82) is 0 Å². The smallest absolute Gasteiger partial charge is 0.328 e. The van der Waals surface area contributed by atoms with Gasteiger partial charge in [-0.1, -0.05) is 0 Å². The van der Waals surface area contributed by atoms with E-state index in [0.717, 1.165) is 0 Å². The van der Waals surface area contributed by atoms with Gasteiger partial charge < -0.3 is 27.0 Å². The van der Waals surface area contributed by atoms with E-state index in [1.54, 1.807) is 0 Å². The van der Waals surface area contributed by atoms with Crippen molar-refractivity contribution in [2.45, 2.75) is 39.7 Å². The lowest BCUT2D eigenvalue weighted by atomic mass is 9.86. The number of amides is 1. The summed E-state index contributed by atoms with van der Waals surface area (Å²) in [5.74, 6) is -4.95. The third-order valence-electron chi connectivity index (χ3n) is 3.57. The highest BCUT2D eigenvalue weighted by Gasteiger charge is 2.34. The summed E-state index contributed by atoms with van der Waals surface area (Å²) in [5, 5.41) is 20.3. The minimum Gasteiger partial charge on any atom is -0.481 e. The van der Waals surface area contributed by atoms with Gasteiger partial charge in [0.15, 0.2) is 28.8 Å². The maximum atomic E-state index is 12.3. The number of nitrogens with zero attached hydrogens (tertiary/aromatic N) is 2. The second kappa shape index (κ2) is 6.94. The highest BCUT2D eigenvalue weighted by atomic mass is 16.4. The lowest BCUT2D eigenvalue weighted by Gasteiger charge is -2.21. The SMILES string of the molecule is CC(C)(CC(=O)c1nc(N)c(C(=O)NC(C)(C)C(=O)O)nc1N)C(=O)O. The van der Waals surface area contributed by atoms with Crippen molar-refractivity contribution in [3.8, 4) is 0 Å². The number of carbonyl (C=O) groups is 4. The van der Waals surface area contributed by atoms with E-state index < -0.39 is 58.3 Å². The molecular formula is C15H21N5O6. The third kappa shape index (κ3) is 4.43. The lowest BCUT2D eigenvalue weighted by Crippen LogP contribution is -2.50. The number of hydrogen-bond donors (Lipinski definition) is 5. The number of nitrogens with one attached hydrogen (secondary N) is 1. The molecule has 1 heterocycles. The Morgan fingerprint density at radius 3 is 1.85 bits per heavy atom. The molecule has 0 spiro atoms. The standard InChI is InChI=1S/C15H21N5O6/c1-14(2,12(23)24)5-6(21)7-9(16)19-8(10(17)18-7)11(22)20-15(3,4)13(25)26/h5H2,1-4H3,(H2,16,19)(H2,17,18)(H,20,22)(H,23,24)(H,25,26). The summed E-state index contributed by atoms with van der Waals surface area (Å²) in [6.45, 7) is 5.23. The first-order valence-electron chi connectivity index (χ1n) is 7.44. The lowest BCUT2D eigenvalue weighted by molar-refractivity contribution is -0.146. The fraction of sp³-hybridized carbons (Fsp3) is 0.467. The van der Waals surface area contributed by atoms with E-state index >= 15 is 0 Å². The average Bonchev–Trinajstić information content (AvgIpc) is 2.47. The fourth-order valence-corrected chi connectivity index (χ4v) is 1.79. The Hall–Kier alpha value is -3.24. The Labute approximate surface area is 148 Å². The maximum Gasteiger partial charge on any atom is 0.328 e. The molecule has 0 radical (unpaired) electrons. The van der Waals surface area contributed by atoms with Gasteiger partial charge in [-0.2, -0.15) is 0 Å². The number of aliphatic carboxylic acids is 2. The summed E-state index contributed by atoms with van der Waals surface area (Å²) >= 11 is 0. The van der Waals surface area contributed by atoms with Gasteiger partial charge in [0.25, 0.3) is 5.91 Å². The number of rotatable bonds is 7. The number of hydrogen-bond acceptors (Lipinski definition) is 8. The van der Waals surface area contributed by atoms with Crippen LogP contribution in [-0.4, -0.2) is 49.3 Å². The molecule has 11 heteroatoms. The van der Waals surface area contributed by atoms with E-state index in [9.17, 15) is 19.2 Å². The van der Waals surface area contributed by atoms with Crippen LogP contribution in [0.5, 0.6) is 0 Å². The van der Waals surface area contributed by atoms with E-state index in [0.29, 0.717) is 0 Å². The van der Waals surface area contributed by atoms with Crippen LogP contribution in [0.25, 0.3) is 0 Å². The molecule has 1 aromatic heterocycles. The summed E-state index contributed by atoms with van der Waals surface area (Å²) in [6, 6.07) is 0. The Kier molecular flexibility index (Phi) is 5.55. The van der Waals surface area contributed by atoms with Gasteiger partial charge in [0.05, 0.1) is 5.41 Å². The number of carboxylic acids is 2.